The van der Waals surface area contributed by atoms with Crippen molar-refractivity contribution >= 4 is 23.4 Å². The maximum Gasteiger partial charge on any atom is 0.338 e. The Kier molecular flexibility index (Phi) is 10.0. The highest BCUT2D eigenvalue weighted by Gasteiger charge is 2.35. The molecule has 0 saturated carbocycles. The van der Waals surface area contributed by atoms with Crippen LogP contribution < -0.4 is 29.1 Å². The standard InChI is InChI=1S/C32H38N2O6S/c1-7-10-17-39-25-16-15-22(18-26(25)37-8-2)19-27-30(35)34-29(23-13-11-12-14-24(23)40-20(4)5)28(31(36)38-9-3)21(6)33-32(34)41-27/h11-16,18-20,29H,7-10,17H2,1-6H3/b27-19+/t29-/m1/s1. The molecule has 8 nitrogen and oxygen atoms in total. The lowest BCUT2D eigenvalue weighted by molar-refractivity contribution is -0.139. The molecule has 0 N–H and O–H groups in total. The molecule has 0 unspecified atom stereocenters. The van der Waals surface area contributed by atoms with E-state index in [1.54, 1.807) is 18.4 Å². The van der Waals surface area contributed by atoms with Crippen LogP contribution in [0.2, 0.25) is 0 Å². The van der Waals surface area contributed by atoms with E-state index in [0.29, 0.717) is 56.6 Å². The van der Waals surface area contributed by atoms with E-state index >= 15 is 0 Å². The fraction of sp³-hybridized carbons (Fsp3) is 0.406. The molecule has 0 spiro atoms. The number of hydrogen-bond donors (Lipinski definition) is 0. The molecule has 9 heteroatoms. The van der Waals surface area contributed by atoms with Crippen LogP contribution in [-0.4, -0.2) is 36.5 Å². The highest BCUT2D eigenvalue weighted by Crippen LogP contribution is 2.36. The molecule has 0 amide bonds. The third kappa shape index (κ3) is 6.73. The second-order valence-electron chi connectivity index (χ2n) is 9.85. The van der Waals surface area contributed by atoms with E-state index in [0.717, 1.165) is 18.4 Å². The summed E-state index contributed by atoms with van der Waals surface area (Å²) < 4.78 is 25.3. The SMILES string of the molecule is CCCCOc1ccc(/C=c2/sc3n(c2=O)[C@H](c2ccccc2OC(C)C)C(C(=O)OCC)=C(C)N=3)cc1OCC. The van der Waals surface area contributed by atoms with Gasteiger partial charge >= 0.3 is 5.97 Å². The zero-order valence-corrected chi connectivity index (χ0v) is 25.4. The van der Waals surface area contributed by atoms with Gasteiger partial charge in [0.15, 0.2) is 16.3 Å². The Balaban J connectivity index is 1.87. The summed E-state index contributed by atoms with van der Waals surface area (Å²) in [5, 5.41) is 0. The number of para-hydroxylation sites is 1. The number of fused-ring (bicyclic) bond motifs is 1. The lowest BCUT2D eigenvalue weighted by Crippen LogP contribution is -2.40. The first-order valence-corrected chi connectivity index (χ1v) is 14.9. The molecule has 4 rings (SSSR count). The molecule has 0 saturated heterocycles. The average Bonchev–Trinajstić information content (AvgIpc) is 3.23. The van der Waals surface area contributed by atoms with Gasteiger partial charge in [-0.15, -0.1) is 0 Å². The van der Waals surface area contributed by atoms with E-state index < -0.39 is 12.0 Å². The Labute approximate surface area is 244 Å². The highest BCUT2D eigenvalue weighted by molar-refractivity contribution is 7.07. The number of nitrogens with zero attached hydrogens (tertiary/aromatic N) is 2. The molecule has 1 atom stereocenters. The van der Waals surface area contributed by atoms with Gasteiger partial charge in [-0.3, -0.25) is 9.36 Å². The van der Waals surface area contributed by atoms with Crippen LogP contribution in [-0.2, 0) is 9.53 Å². The van der Waals surface area contributed by atoms with Crippen molar-refractivity contribution < 1.29 is 23.7 Å². The molecule has 0 aliphatic carbocycles. The molecule has 1 aliphatic rings. The van der Waals surface area contributed by atoms with Gasteiger partial charge in [-0.2, -0.15) is 0 Å². The largest absolute Gasteiger partial charge is 0.491 e. The fourth-order valence-corrected chi connectivity index (χ4v) is 5.68. The molecule has 0 radical (unpaired) electrons. The minimum absolute atomic E-state index is 0.100. The smallest absolute Gasteiger partial charge is 0.338 e. The fourth-order valence-electron chi connectivity index (χ4n) is 4.63. The van der Waals surface area contributed by atoms with Crippen LogP contribution >= 0.6 is 11.3 Å². The van der Waals surface area contributed by atoms with Crippen LogP contribution in [0.15, 0.2) is 63.5 Å². The van der Waals surface area contributed by atoms with Gasteiger partial charge in [0.05, 0.1) is 41.7 Å². The summed E-state index contributed by atoms with van der Waals surface area (Å²) in [7, 11) is 0. The number of benzene rings is 2. The van der Waals surface area contributed by atoms with Gasteiger partial charge in [-0.1, -0.05) is 48.9 Å². The number of thiazole rings is 1. The maximum atomic E-state index is 14.0. The average molecular weight is 579 g/mol. The zero-order valence-electron chi connectivity index (χ0n) is 24.6. The summed E-state index contributed by atoms with van der Waals surface area (Å²) in [6.07, 6.45) is 3.71. The third-order valence-electron chi connectivity index (χ3n) is 6.41. The molecule has 1 aliphatic heterocycles. The third-order valence-corrected chi connectivity index (χ3v) is 7.40. The molecule has 2 heterocycles. The van der Waals surface area contributed by atoms with E-state index in [-0.39, 0.29) is 18.3 Å². The van der Waals surface area contributed by atoms with Gasteiger partial charge in [0, 0.05) is 5.56 Å². The maximum absolute atomic E-state index is 14.0. The number of rotatable bonds is 12. The van der Waals surface area contributed by atoms with Gasteiger partial charge < -0.3 is 18.9 Å². The number of hydrogen-bond acceptors (Lipinski definition) is 8. The van der Waals surface area contributed by atoms with Crippen LogP contribution in [0.4, 0.5) is 0 Å². The van der Waals surface area contributed by atoms with Crippen molar-refractivity contribution in [2.45, 2.75) is 66.5 Å². The Morgan fingerprint density at radius 1 is 1.05 bits per heavy atom. The minimum atomic E-state index is -0.754. The quantitative estimate of drug-likeness (QED) is 0.218. The highest BCUT2D eigenvalue weighted by atomic mass is 32.1. The van der Waals surface area contributed by atoms with E-state index in [4.69, 9.17) is 18.9 Å². The summed E-state index contributed by atoms with van der Waals surface area (Å²) in [4.78, 5) is 32.5. The lowest BCUT2D eigenvalue weighted by Gasteiger charge is -2.26. The normalized spacial score (nSPS) is 15.0. The number of carbonyl (C=O) groups is 1. The summed E-state index contributed by atoms with van der Waals surface area (Å²) in [6, 6.07) is 12.4. The van der Waals surface area contributed by atoms with Crippen LogP contribution in [0.3, 0.4) is 0 Å². The van der Waals surface area contributed by atoms with Crippen LogP contribution in [0.1, 0.15) is 71.6 Å². The minimum Gasteiger partial charge on any atom is -0.491 e. The molecule has 218 valence electrons. The number of esters is 1. The van der Waals surface area contributed by atoms with Crippen molar-refractivity contribution in [3.63, 3.8) is 0 Å². The number of allylic oxidation sites excluding steroid dienone is 1. The molecule has 0 bridgehead atoms. The Morgan fingerprint density at radius 3 is 2.54 bits per heavy atom. The Morgan fingerprint density at radius 2 is 1.83 bits per heavy atom. The molecular weight excluding hydrogens is 540 g/mol. The van der Waals surface area contributed by atoms with Gasteiger partial charge in [-0.05, 0) is 70.9 Å². The number of aromatic nitrogens is 1. The predicted octanol–water partition coefficient (Wildman–Crippen LogP) is 5.16. The van der Waals surface area contributed by atoms with E-state index in [1.165, 1.54) is 11.3 Å². The van der Waals surface area contributed by atoms with Crippen molar-refractivity contribution in [1.82, 2.24) is 4.57 Å². The topological polar surface area (TPSA) is 88.4 Å². The van der Waals surface area contributed by atoms with E-state index in [2.05, 4.69) is 11.9 Å². The van der Waals surface area contributed by atoms with Crippen LogP contribution in [0, 0.1) is 0 Å². The number of carbonyl (C=O) groups excluding carboxylic acids is 1. The van der Waals surface area contributed by atoms with Gasteiger partial charge in [-0.25, -0.2) is 9.79 Å². The van der Waals surface area contributed by atoms with Gasteiger partial charge in [0.2, 0.25) is 0 Å². The van der Waals surface area contributed by atoms with Crippen molar-refractivity contribution in [2.75, 3.05) is 19.8 Å². The molecule has 1 aromatic heterocycles. The molecular formula is C32H38N2O6S. The van der Waals surface area contributed by atoms with Crippen LogP contribution in [0.5, 0.6) is 17.2 Å². The van der Waals surface area contributed by atoms with Crippen molar-refractivity contribution in [1.29, 1.82) is 0 Å². The predicted molar refractivity (Wildman–Crippen MR) is 161 cm³/mol. The number of unbranched alkanes of at least 4 members (excludes halogenated alkanes) is 1. The lowest BCUT2D eigenvalue weighted by atomic mass is 9.95. The molecule has 0 fully saturated rings. The van der Waals surface area contributed by atoms with E-state index in [9.17, 15) is 9.59 Å². The zero-order chi connectivity index (χ0) is 29.5. The second kappa shape index (κ2) is 13.7. The van der Waals surface area contributed by atoms with Crippen molar-refractivity contribution in [2.24, 2.45) is 4.99 Å². The van der Waals surface area contributed by atoms with Gasteiger partial charge in [0.1, 0.15) is 11.8 Å². The summed E-state index contributed by atoms with van der Waals surface area (Å²) in [5.74, 6) is 1.39. The summed E-state index contributed by atoms with van der Waals surface area (Å²) in [6.45, 7) is 12.7. The number of ether oxygens (including phenoxy) is 4. The van der Waals surface area contributed by atoms with Crippen molar-refractivity contribution in [3.05, 3.63) is 84.5 Å². The summed E-state index contributed by atoms with van der Waals surface area (Å²) >= 11 is 1.28. The molecule has 2 aromatic carbocycles. The first-order valence-electron chi connectivity index (χ1n) is 14.1. The van der Waals surface area contributed by atoms with E-state index in [1.807, 2.05) is 69.3 Å². The molecule has 3 aromatic rings. The summed E-state index contributed by atoms with van der Waals surface area (Å²) in [5.41, 5.74) is 2.06. The first kappa shape index (κ1) is 30.1. The Bertz CT molecular complexity index is 1600. The first-order chi connectivity index (χ1) is 19.8. The van der Waals surface area contributed by atoms with Crippen molar-refractivity contribution in [3.8, 4) is 17.2 Å². The second-order valence-corrected chi connectivity index (χ2v) is 10.9. The van der Waals surface area contributed by atoms with Gasteiger partial charge in [0.25, 0.3) is 5.56 Å². The molecule has 41 heavy (non-hydrogen) atoms. The Hall–Kier alpha value is -3.85. The monoisotopic (exact) mass is 578 g/mol. The van der Waals surface area contributed by atoms with Crippen LogP contribution in [0.25, 0.3) is 6.08 Å².